The van der Waals surface area contributed by atoms with Crippen molar-refractivity contribution in [2.24, 2.45) is 5.92 Å². The molecular formula is C18H20N4O. The quantitative estimate of drug-likeness (QED) is 0.523. The summed E-state index contributed by atoms with van der Waals surface area (Å²) in [5, 5.41) is 5.10. The molecule has 0 bridgehead atoms. The molecule has 0 aromatic carbocycles. The highest BCUT2D eigenvalue weighted by Gasteiger charge is 2.31. The number of carbonyl (C=O) groups is 1. The average molecular weight is 308 g/mol. The number of anilines is 1. The van der Waals surface area contributed by atoms with Gasteiger partial charge < -0.3 is 5.73 Å². The summed E-state index contributed by atoms with van der Waals surface area (Å²) in [6.45, 7) is 4.43. The topological polar surface area (TPSA) is 73.8 Å². The van der Waals surface area contributed by atoms with E-state index in [1.807, 2.05) is 4.68 Å². The number of pyridine rings is 1. The molecule has 0 saturated heterocycles. The molecule has 2 aromatic rings. The van der Waals surface area contributed by atoms with E-state index in [1.165, 1.54) is 0 Å². The van der Waals surface area contributed by atoms with Crippen LogP contribution in [0, 0.1) is 18.3 Å². The van der Waals surface area contributed by atoms with Crippen LogP contribution >= 0.6 is 0 Å². The van der Waals surface area contributed by atoms with Crippen molar-refractivity contribution in [1.82, 2.24) is 14.8 Å². The number of carbonyl (C=O) groups excluding carboxylic acids is 1. The first-order chi connectivity index (χ1) is 11.2. The number of Topliss-reactive ketones (excluding diaryl/α,β-unsaturated/α-hetero) is 1. The minimum atomic E-state index is -0.0350. The number of aromatic nitrogens is 3. The number of fused-ring (bicyclic) bond motifs is 2. The van der Waals surface area contributed by atoms with Gasteiger partial charge in [0.05, 0.1) is 28.5 Å². The summed E-state index contributed by atoms with van der Waals surface area (Å²) in [5.41, 5.74) is 8.91. The summed E-state index contributed by atoms with van der Waals surface area (Å²) >= 11 is 0. The lowest BCUT2D eigenvalue weighted by Crippen LogP contribution is -2.25. The molecular weight excluding hydrogens is 288 g/mol. The third kappa shape index (κ3) is 2.61. The fourth-order valence-electron chi connectivity index (χ4n) is 3.18. The Morgan fingerprint density at radius 2 is 2.39 bits per heavy atom. The van der Waals surface area contributed by atoms with Gasteiger partial charge in [-0.25, -0.2) is 9.67 Å². The van der Waals surface area contributed by atoms with E-state index in [-0.39, 0.29) is 11.7 Å². The van der Waals surface area contributed by atoms with Gasteiger partial charge >= 0.3 is 0 Å². The molecule has 2 heterocycles. The minimum absolute atomic E-state index is 0.0350. The van der Waals surface area contributed by atoms with Gasteiger partial charge in [-0.3, -0.25) is 4.79 Å². The molecule has 0 aliphatic heterocycles. The molecule has 23 heavy (non-hydrogen) atoms. The van der Waals surface area contributed by atoms with Gasteiger partial charge in [-0.2, -0.15) is 5.10 Å². The van der Waals surface area contributed by atoms with E-state index in [0.29, 0.717) is 30.6 Å². The highest BCUT2D eigenvalue weighted by atomic mass is 16.1. The molecule has 0 fully saturated rings. The first kappa shape index (κ1) is 15.3. The summed E-state index contributed by atoms with van der Waals surface area (Å²) in [4.78, 5) is 17.4. The zero-order valence-electron chi connectivity index (χ0n) is 13.1. The van der Waals surface area contributed by atoms with Crippen LogP contribution in [0.2, 0.25) is 0 Å². The predicted octanol–water partition coefficient (Wildman–Crippen LogP) is 2.75. The Hall–Kier alpha value is -2.61. The van der Waals surface area contributed by atoms with Gasteiger partial charge in [-0.1, -0.05) is 6.08 Å². The third-order valence-corrected chi connectivity index (χ3v) is 4.39. The van der Waals surface area contributed by atoms with Crippen LogP contribution in [0.15, 0.2) is 18.9 Å². The Balaban J connectivity index is 2.03. The maximum Gasteiger partial charge on any atom is 0.170 e. The number of hydrogen-bond donors (Lipinski definition) is 1. The highest BCUT2D eigenvalue weighted by Crippen LogP contribution is 2.34. The molecule has 1 atom stereocenters. The SMILES string of the molecule is C#CCCCn1ncc2c(N)c3c(nc21)CCC(CC=C)C3=O. The van der Waals surface area contributed by atoms with E-state index < -0.39 is 0 Å². The van der Waals surface area contributed by atoms with Gasteiger partial charge in [0.25, 0.3) is 0 Å². The van der Waals surface area contributed by atoms with E-state index in [9.17, 15) is 4.79 Å². The molecule has 5 heteroatoms. The lowest BCUT2D eigenvalue weighted by Gasteiger charge is -2.23. The molecule has 1 aliphatic rings. The number of nitrogens with two attached hydrogens (primary N) is 1. The van der Waals surface area contributed by atoms with Crippen LogP contribution in [0.25, 0.3) is 11.0 Å². The van der Waals surface area contributed by atoms with E-state index in [1.54, 1.807) is 12.3 Å². The van der Waals surface area contributed by atoms with Crippen LogP contribution in [0.1, 0.15) is 41.7 Å². The molecule has 1 aliphatic carbocycles. The maximum absolute atomic E-state index is 12.7. The van der Waals surface area contributed by atoms with E-state index in [4.69, 9.17) is 12.2 Å². The first-order valence-corrected chi connectivity index (χ1v) is 7.89. The second kappa shape index (κ2) is 6.25. The summed E-state index contributed by atoms with van der Waals surface area (Å²) in [5.74, 6) is 2.67. The van der Waals surface area contributed by atoms with Gasteiger partial charge in [0.1, 0.15) is 0 Å². The molecule has 118 valence electrons. The summed E-state index contributed by atoms with van der Waals surface area (Å²) in [7, 11) is 0. The fraction of sp³-hybridized carbons (Fsp3) is 0.389. The lowest BCUT2D eigenvalue weighted by atomic mass is 9.82. The van der Waals surface area contributed by atoms with Gasteiger partial charge in [0.2, 0.25) is 0 Å². The molecule has 0 spiro atoms. The molecule has 2 N–H and O–H groups in total. The molecule has 3 rings (SSSR count). The standard InChI is InChI=1S/C18H20N4O/c1-3-5-6-10-22-18-13(11-20-22)16(19)15-14(21-18)9-8-12(7-4-2)17(15)23/h1,4,11-12H,2,5-10H2,(H2,19,21). The van der Waals surface area contributed by atoms with Crippen LogP contribution in [0.4, 0.5) is 5.69 Å². The third-order valence-electron chi connectivity index (χ3n) is 4.39. The molecule has 0 saturated carbocycles. The van der Waals surface area contributed by atoms with E-state index in [0.717, 1.165) is 36.0 Å². The van der Waals surface area contributed by atoms with Crippen molar-refractivity contribution in [3.05, 3.63) is 30.1 Å². The molecule has 1 unspecified atom stereocenters. The van der Waals surface area contributed by atoms with Crippen molar-refractivity contribution in [1.29, 1.82) is 0 Å². The Morgan fingerprint density at radius 3 is 3.13 bits per heavy atom. The van der Waals surface area contributed by atoms with Crippen molar-refractivity contribution in [3.8, 4) is 12.3 Å². The van der Waals surface area contributed by atoms with Gasteiger partial charge in [0, 0.05) is 18.9 Å². The van der Waals surface area contributed by atoms with Crippen molar-refractivity contribution < 1.29 is 4.79 Å². The number of ketones is 1. The summed E-state index contributed by atoms with van der Waals surface area (Å²) in [6.07, 6.45) is 12.5. The fourth-order valence-corrected chi connectivity index (χ4v) is 3.18. The minimum Gasteiger partial charge on any atom is -0.397 e. The smallest absolute Gasteiger partial charge is 0.170 e. The number of aryl methyl sites for hydroxylation is 2. The molecule has 0 radical (unpaired) electrons. The molecule has 2 aromatic heterocycles. The number of rotatable bonds is 5. The van der Waals surface area contributed by atoms with Crippen LogP contribution in [0.5, 0.6) is 0 Å². The molecule has 0 amide bonds. The van der Waals surface area contributed by atoms with Crippen LogP contribution in [-0.2, 0) is 13.0 Å². The van der Waals surface area contributed by atoms with Crippen LogP contribution in [0.3, 0.4) is 0 Å². The average Bonchev–Trinajstić information content (AvgIpc) is 2.94. The zero-order valence-corrected chi connectivity index (χ0v) is 13.1. The van der Waals surface area contributed by atoms with E-state index >= 15 is 0 Å². The lowest BCUT2D eigenvalue weighted by molar-refractivity contribution is 0.0903. The highest BCUT2D eigenvalue weighted by molar-refractivity contribution is 6.09. The summed E-state index contributed by atoms with van der Waals surface area (Å²) in [6, 6.07) is 0. The predicted molar refractivity (Wildman–Crippen MR) is 91.0 cm³/mol. The molecule has 5 nitrogen and oxygen atoms in total. The normalized spacial score (nSPS) is 17.0. The second-order valence-corrected chi connectivity index (χ2v) is 5.88. The number of nitrogen functional groups attached to an aromatic ring is 1. The largest absolute Gasteiger partial charge is 0.397 e. The van der Waals surface area contributed by atoms with E-state index in [2.05, 4.69) is 22.6 Å². The number of nitrogens with zero attached hydrogens (tertiary/aromatic N) is 3. The van der Waals surface area contributed by atoms with Crippen LogP contribution < -0.4 is 5.73 Å². The van der Waals surface area contributed by atoms with Crippen molar-refractivity contribution in [2.75, 3.05) is 5.73 Å². The number of allylic oxidation sites excluding steroid dienone is 1. The maximum atomic E-state index is 12.7. The summed E-state index contributed by atoms with van der Waals surface area (Å²) < 4.78 is 1.82. The van der Waals surface area contributed by atoms with Crippen LogP contribution in [-0.4, -0.2) is 20.5 Å². The monoisotopic (exact) mass is 308 g/mol. The second-order valence-electron chi connectivity index (χ2n) is 5.88. The Morgan fingerprint density at radius 1 is 1.57 bits per heavy atom. The van der Waals surface area contributed by atoms with Crippen molar-refractivity contribution in [3.63, 3.8) is 0 Å². The Labute approximate surface area is 135 Å². The first-order valence-electron chi connectivity index (χ1n) is 7.89. The van der Waals surface area contributed by atoms with Crippen molar-refractivity contribution >= 4 is 22.5 Å². The van der Waals surface area contributed by atoms with Gasteiger partial charge in [-0.05, 0) is 25.7 Å². The van der Waals surface area contributed by atoms with Crippen molar-refractivity contribution in [2.45, 2.75) is 38.6 Å². The Bertz CT molecular complexity index is 813. The number of unbranched alkanes of at least 4 members (excludes halogenated alkanes) is 1. The number of terminal acetylenes is 1. The zero-order chi connectivity index (χ0) is 16.4. The van der Waals surface area contributed by atoms with Gasteiger partial charge in [0.15, 0.2) is 11.4 Å². The number of hydrogen-bond acceptors (Lipinski definition) is 4. The Kier molecular flexibility index (Phi) is 4.16. The van der Waals surface area contributed by atoms with Gasteiger partial charge in [-0.15, -0.1) is 18.9 Å².